The predicted octanol–water partition coefficient (Wildman–Crippen LogP) is 6.99. The second kappa shape index (κ2) is 10.5. The lowest BCUT2D eigenvalue weighted by atomic mass is 9.89. The monoisotopic (exact) mass is 546 g/mol. The molecule has 0 radical (unpaired) electrons. The number of hydrogen-bond acceptors (Lipinski definition) is 5. The summed E-state index contributed by atoms with van der Waals surface area (Å²) in [5.74, 6) is 2.90. The molecule has 1 aromatic carbocycles. The number of rotatable bonds is 8. The van der Waals surface area contributed by atoms with Gasteiger partial charge in [0.1, 0.15) is 16.1 Å². The van der Waals surface area contributed by atoms with Crippen molar-refractivity contribution in [2.75, 3.05) is 20.2 Å². The number of ether oxygens (including phenoxy) is 1. The molecule has 0 N–H and O–H groups in total. The van der Waals surface area contributed by atoms with Gasteiger partial charge in [0.25, 0.3) is 5.91 Å². The number of carbonyl (C=O) groups excluding carboxylic acids is 2. The van der Waals surface area contributed by atoms with Gasteiger partial charge < -0.3 is 14.2 Å². The Morgan fingerprint density at radius 2 is 2.03 bits per heavy atom. The van der Waals surface area contributed by atoms with Gasteiger partial charge in [-0.15, -0.1) is 11.3 Å². The zero-order valence-electron chi connectivity index (χ0n) is 23.4. The van der Waals surface area contributed by atoms with Gasteiger partial charge in [-0.25, -0.2) is 4.98 Å². The lowest BCUT2D eigenvalue weighted by molar-refractivity contribution is 0.0663. The molecular formula is C31H38N4O3S. The van der Waals surface area contributed by atoms with Crippen molar-refractivity contribution in [2.24, 2.45) is 24.8 Å². The standard InChI is InChI=1S/C31H38N4O3S/c1-5-19(2)8-9-20-7-6-13-34(18-20)29(36)23-15-24-27(26(17-23)38-4)33(3)28(32-24)25-16-22-12-14-39-31(22)35(25)30(37)21-10-11-21/h12,14-17,19-21H,5-11,13,18H2,1-4H3/t19?,20-/m0/s1. The van der Waals surface area contributed by atoms with Crippen LogP contribution in [0, 0.1) is 17.8 Å². The van der Waals surface area contributed by atoms with E-state index in [0.717, 1.165) is 59.7 Å². The van der Waals surface area contributed by atoms with Crippen LogP contribution in [0.15, 0.2) is 29.6 Å². The highest BCUT2D eigenvalue weighted by molar-refractivity contribution is 7.17. The maximum absolute atomic E-state index is 13.7. The molecule has 4 aromatic rings. The minimum atomic E-state index is 0.0449. The number of hydrogen-bond donors (Lipinski definition) is 0. The second-order valence-corrected chi connectivity index (χ2v) is 12.4. The van der Waals surface area contributed by atoms with E-state index in [1.54, 1.807) is 18.4 Å². The third-order valence-corrected chi connectivity index (χ3v) is 9.67. The lowest BCUT2D eigenvalue weighted by Gasteiger charge is -2.33. The van der Waals surface area contributed by atoms with Crippen LogP contribution < -0.4 is 4.74 Å². The van der Waals surface area contributed by atoms with E-state index >= 15 is 0 Å². The van der Waals surface area contributed by atoms with Gasteiger partial charge in [0.15, 0.2) is 5.82 Å². The first-order chi connectivity index (χ1) is 18.9. The number of aryl methyl sites for hydroxylation is 1. The third kappa shape index (κ3) is 4.77. The molecule has 1 unspecified atom stereocenters. The smallest absolute Gasteiger partial charge is 0.254 e. The summed E-state index contributed by atoms with van der Waals surface area (Å²) in [5.41, 5.74) is 2.93. The molecule has 6 rings (SSSR count). The highest BCUT2D eigenvalue weighted by Gasteiger charge is 2.34. The molecule has 1 aliphatic heterocycles. The van der Waals surface area contributed by atoms with E-state index in [1.807, 2.05) is 38.6 Å². The van der Waals surface area contributed by atoms with E-state index in [4.69, 9.17) is 9.72 Å². The minimum Gasteiger partial charge on any atom is -0.494 e. The number of carbonyl (C=O) groups is 2. The Bertz CT molecular complexity index is 1540. The second-order valence-electron chi connectivity index (χ2n) is 11.5. The average molecular weight is 547 g/mol. The van der Waals surface area contributed by atoms with Crippen molar-refractivity contribution in [3.8, 4) is 17.3 Å². The maximum Gasteiger partial charge on any atom is 0.254 e. The third-order valence-electron chi connectivity index (χ3n) is 8.76. The number of likely N-dealkylation sites (tertiary alicyclic amines) is 1. The Hall–Kier alpha value is -3.13. The van der Waals surface area contributed by atoms with Gasteiger partial charge in [0.05, 0.1) is 18.3 Å². The SMILES string of the molecule is CCC(C)CC[C@@H]1CCCN(C(=O)c2cc(OC)c3c(c2)nc(-c2cc4ccsc4n2C(=O)C2CC2)n3C)C1. The number of benzene rings is 1. The highest BCUT2D eigenvalue weighted by atomic mass is 32.1. The maximum atomic E-state index is 13.7. The highest BCUT2D eigenvalue weighted by Crippen LogP contribution is 2.39. The molecule has 206 valence electrons. The van der Waals surface area contributed by atoms with Crippen LogP contribution in [0.3, 0.4) is 0 Å². The van der Waals surface area contributed by atoms with E-state index < -0.39 is 0 Å². The minimum absolute atomic E-state index is 0.0449. The Balaban J connectivity index is 1.34. The quantitative estimate of drug-likeness (QED) is 0.239. The molecule has 1 saturated carbocycles. The molecule has 1 amide bonds. The summed E-state index contributed by atoms with van der Waals surface area (Å²) in [6, 6.07) is 7.85. The molecule has 8 heteroatoms. The van der Waals surface area contributed by atoms with Gasteiger partial charge in [-0.1, -0.05) is 26.7 Å². The van der Waals surface area contributed by atoms with E-state index in [2.05, 4.69) is 26.0 Å². The van der Waals surface area contributed by atoms with Crippen LogP contribution in [0.1, 0.15) is 73.9 Å². The van der Waals surface area contributed by atoms with E-state index in [0.29, 0.717) is 28.6 Å². The number of piperidine rings is 1. The fourth-order valence-electron chi connectivity index (χ4n) is 6.03. The number of nitrogens with zero attached hydrogens (tertiary/aromatic N) is 4. The number of amides is 1. The number of imidazole rings is 1. The summed E-state index contributed by atoms with van der Waals surface area (Å²) in [6.07, 6.45) is 7.75. The fraction of sp³-hybridized carbons (Fsp3) is 0.516. The summed E-state index contributed by atoms with van der Waals surface area (Å²) >= 11 is 1.58. The van der Waals surface area contributed by atoms with Crippen LogP contribution in [-0.4, -0.2) is 51.0 Å². The van der Waals surface area contributed by atoms with Crippen molar-refractivity contribution in [3.05, 3.63) is 35.2 Å². The van der Waals surface area contributed by atoms with E-state index in [1.165, 1.54) is 25.7 Å². The molecule has 39 heavy (non-hydrogen) atoms. The first-order valence-corrected chi connectivity index (χ1v) is 15.2. The van der Waals surface area contributed by atoms with Crippen molar-refractivity contribution < 1.29 is 14.3 Å². The molecule has 1 aliphatic carbocycles. The molecule has 2 fully saturated rings. The molecular weight excluding hydrogens is 508 g/mol. The van der Waals surface area contributed by atoms with Gasteiger partial charge >= 0.3 is 0 Å². The fourth-order valence-corrected chi connectivity index (χ4v) is 6.93. The summed E-state index contributed by atoms with van der Waals surface area (Å²) < 4.78 is 9.64. The van der Waals surface area contributed by atoms with Crippen molar-refractivity contribution in [3.63, 3.8) is 0 Å². The van der Waals surface area contributed by atoms with Crippen LogP contribution in [0.5, 0.6) is 5.75 Å². The molecule has 3 aromatic heterocycles. The molecule has 0 spiro atoms. The molecule has 4 heterocycles. The zero-order valence-corrected chi connectivity index (χ0v) is 24.2. The van der Waals surface area contributed by atoms with Crippen LogP contribution in [0.4, 0.5) is 0 Å². The van der Waals surface area contributed by atoms with Crippen LogP contribution in [-0.2, 0) is 7.05 Å². The van der Waals surface area contributed by atoms with Gasteiger partial charge in [-0.05, 0) is 73.6 Å². The molecule has 7 nitrogen and oxygen atoms in total. The Kier molecular flexibility index (Phi) is 7.00. The molecule has 2 atom stereocenters. The average Bonchev–Trinajstić information content (AvgIpc) is 3.49. The van der Waals surface area contributed by atoms with Gasteiger partial charge in [0, 0.05) is 37.0 Å². The number of aromatic nitrogens is 3. The first kappa shape index (κ1) is 26.1. The zero-order chi connectivity index (χ0) is 27.3. The number of methoxy groups -OCH3 is 1. The predicted molar refractivity (Wildman–Crippen MR) is 157 cm³/mol. The molecule has 1 saturated heterocycles. The summed E-state index contributed by atoms with van der Waals surface area (Å²) in [5, 5.41) is 3.07. The van der Waals surface area contributed by atoms with Crippen molar-refractivity contribution in [1.82, 2.24) is 19.0 Å². The van der Waals surface area contributed by atoms with Crippen LogP contribution >= 0.6 is 11.3 Å². The summed E-state index contributed by atoms with van der Waals surface area (Å²) in [7, 11) is 3.59. The summed E-state index contributed by atoms with van der Waals surface area (Å²) in [4.78, 5) is 35.0. The van der Waals surface area contributed by atoms with E-state index in [9.17, 15) is 9.59 Å². The summed E-state index contributed by atoms with van der Waals surface area (Å²) in [6.45, 7) is 6.17. The van der Waals surface area contributed by atoms with Crippen molar-refractivity contribution >= 4 is 44.4 Å². The first-order valence-electron chi connectivity index (χ1n) is 14.4. The Labute approximate surface area is 233 Å². The van der Waals surface area contributed by atoms with Crippen molar-refractivity contribution in [1.29, 1.82) is 0 Å². The van der Waals surface area contributed by atoms with Gasteiger partial charge in [0.2, 0.25) is 5.91 Å². The Morgan fingerprint density at radius 3 is 2.77 bits per heavy atom. The number of thiophene rings is 1. The van der Waals surface area contributed by atoms with Crippen molar-refractivity contribution in [2.45, 2.75) is 58.8 Å². The van der Waals surface area contributed by atoms with E-state index in [-0.39, 0.29) is 17.7 Å². The van der Waals surface area contributed by atoms with Crippen LogP contribution in [0.2, 0.25) is 0 Å². The normalized spacial score (nSPS) is 18.7. The number of fused-ring (bicyclic) bond motifs is 2. The topological polar surface area (TPSA) is 69.4 Å². The molecule has 0 bridgehead atoms. The van der Waals surface area contributed by atoms with Crippen LogP contribution in [0.25, 0.3) is 32.8 Å². The molecule has 2 aliphatic rings. The largest absolute Gasteiger partial charge is 0.494 e. The van der Waals surface area contributed by atoms with Gasteiger partial charge in [-0.3, -0.25) is 14.2 Å². The van der Waals surface area contributed by atoms with Gasteiger partial charge in [-0.2, -0.15) is 0 Å². The Morgan fingerprint density at radius 1 is 1.21 bits per heavy atom. The lowest BCUT2D eigenvalue weighted by Crippen LogP contribution is -2.40.